The van der Waals surface area contributed by atoms with Crippen molar-refractivity contribution < 1.29 is 42.5 Å². The van der Waals surface area contributed by atoms with Crippen molar-refractivity contribution >= 4 is 38.7 Å². The smallest absolute Gasteiger partial charge is 0.343 e. The number of halogens is 1. The summed E-state index contributed by atoms with van der Waals surface area (Å²) in [5, 5.41) is 31.3. The van der Waals surface area contributed by atoms with Crippen LogP contribution < -0.4 is 0 Å². The van der Waals surface area contributed by atoms with Crippen molar-refractivity contribution in [3.63, 3.8) is 0 Å². The number of carboxylic acid groups (broad SMARTS) is 3. The molecule has 0 fully saturated rings. The van der Waals surface area contributed by atoms with Gasteiger partial charge in [0.05, 0.1) is 10.8 Å². The maximum absolute atomic E-state index is 15.7. The molecule has 4 rings (SSSR count). The van der Waals surface area contributed by atoms with Crippen molar-refractivity contribution in [3.05, 3.63) is 89.4 Å². The number of fused-ring (bicyclic) bond motifs is 1. The Kier molecular flexibility index (Phi) is 5.60. The highest BCUT2D eigenvalue weighted by Gasteiger charge is 2.70. The SMILES string of the molecule is Cc1ccc(S(=O)(=O)N2C(F)=C(C(=O)O)C(c3ccc4ccccc4c3)C2(C(=O)O)C(=O)O)cc1. The number of hydrogen-bond acceptors (Lipinski definition) is 5. The second kappa shape index (κ2) is 8.20. The first kappa shape index (κ1) is 23.9. The second-order valence-electron chi connectivity index (χ2n) is 8.01. The topological polar surface area (TPSA) is 149 Å². The third kappa shape index (κ3) is 3.43. The van der Waals surface area contributed by atoms with Crippen LogP contribution >= 0.6 is 0 Å². The minimum Gasteiger partial charge on any atom is -0.479 e. The fourth-order valence-electron chi connectivity index (χ4n) is 4.34. The maximum atomic E-state index is 15.7. The lowest BCUT2D eigenvalue weighted by molar-refractivity contribution is -0.163. The molecule has 3 aromatic rings. The molecule has 0 aliphatic carbocycles. The Morgan fingerprint density at radius 2 is 1.46 bits per heavy atom. The lowest BCUT2D eigenvalue weighted by Crippen LogP contribution is -2.61. The van der Waals surface area contributed by atoms with Crippen LogP contribution in [0.1, 0.15) is 17.0 Å². The summed E-state index contributed by atoms with van der Waals surface area (Å²) in [6, 6.07) is 15.5. The van der Waals surface area contributed by atoms with Crippen LogP contribution in [0.3, 0.4) is 0 Å². The summed E-state index contributed by atoms with van der Waals surface area (Å²) < 4.78 is 42.3. The van der Waals surface area contributed by atoms with E-state index in [1.165, 1.54) is 30.3 Å². The van der Waals surface area contributed by atoms with E-state index in [-0.39, 0.29) is 5.56 Å². The maximum Gasteiger partial charge on any atom is 0.343 e. The number of carbonyl (C=O) groups is 3. The molecule has 0 saturated heterocycles. The molecule has 1 aliphatic heterocycles. The Hall–Kier alpha value is -4.25. The van der Waals surface area contributed by atoms with Crippen LogP contribution in [0.2, 0.25) is 0 Å². The van der Waals surface area contributed by atoms with Crippen molar-refractivity contribution in [1.29, 1.82) is 0 Å². The molecule has 1 aliphatic rings. The largest absolute Gasteiger partial charge is 0.479 e. The number of benzene rings is 3. The van der Waals surface area contributed by atoms with Gasteiger partial charge in [-0.05, 0) is 35.4 Å². The van der Waals surface area contributed by atoms with Gasteiger partial charge >= 0.3 is 17.9 Å². The molecule has 3 N–H and O–H groups in total. The van der Waals surface area contributed by atoms with E-state index in [1.54, 1.807) is 31.2 Å². The van der Waals surface area contributed by atoms with Crippen LogP contribution in [0.5, 0.6) is 0 Å². The van der Waals surface area contributed by atoms with Crippen molar-refractivity contribution in [2.45, 2.75) is 23.3 Å². The van der Waals surface area contributed by atoms with Crippen LogP contribution in [0.4, 0.5) is 4.39 Å². The number of rotatable bonds is 6. The number of hydrogen-bond donors (Lipinski definition) is 3. The van der Waals surface area contributed by atoms with E-state index in [1.807, 2.05) is 0 Å². The van der Waals surface area contributed by atoms with E-state index in [0.29, 0.717) is 16.3 Å². The third-order valence-corrected chi connectivity index (χ3v) is 7.77. The van der Waals surface area contributed by atoms with E-state index in [4.69, 9.17) is 0 Å². The van der Waals surface area contributed by atoms with Gasteiger partial charge in [-0.3, -0.25) is 0 Å². The number of aliphatic carboxylic acids is 3. The minimum absolute atomic E-state index is 0.192. The van der Waals surface area contributed by atoms with Gasteiger partial charge in [0.15, 0.2) is 0 Å². The standard InChI is InChI=1S/C24H18FNO8S/c1-13-6-10-17(11-7-13)35(33,34)26-20(25)18(21(27)28)19(24(26,22(29)30)23(31)32)16-9-8-14-4-2-3-5-15(14)12-16/h2-12,19H,1H3,(H,27,28)(H,29,30)(H,31,32). The number of sulfonamides is 1. The molecule has 35 heavy (non-hydrogen) atoms. The Balaban J connectivity index is 2.08. The van der Waals surface area contributed by atoms with Crippen LogP contribution in [-0.2, 0) is 24.4 Å². The van der Waals surface area contributed by atoms with Gasteiger partial charge in [0, 0.05) is 0 Å². The lowest BCUT2D eigenvalue weighted by Gasteiger charge is -2.35. The van der Waals surface area contributed by atoms with Crippen molar-refractivity contribution in [1.82, 2.24) is 4.31 Å². The summed E-state index contributed by atoms with van der Waals surface area (Å²) >= 11 is 0. The first-order valence-corrected chi connectivity index (χ1v) is 11.6. The van der Waals surface area contributed by atoms with Gasteiger partial charge in [-0.25, -0.2) is 27.1 Å². The third-order valence-electron chi connectivity index (χ3n) is 5.98. The van der Waals surface area contributed by atoms with Crippen molar-refractivity contribution in [2.75, 3.05) is 0 Å². The van der Waals surface area contributed by atoms with Crippen molar-refractivity contribution in [3.8, 4) is 0 Å². The first-order chi connectivity index (χ1) is 16.4. The molecule has 0 amide bonds. The lowest BCUT2D eigenvalue weighted by atomic mass is 9.76. The molecule has 1 unspecified atom stereocenters. The molecule has 0 radical (unpaired) electrons. The predicted molar refractivity (Wildman–Crippen MR) is 121 cm³/mol. The second-order valence-corrected chi connectivity index (χ2v) is 9.80. The summed E-state index contributed by atoms with van der Waals surface area (Å²) in [5.41, 5.74) is -4.41. The summed E-state index contributed by atoms with van der Waals surface area (Å²) in [5.74, 6) is -10.7. The summed E-state index contributed by atoms with van der Waals surface area (Å²) in [7, 11) is -5.18. The Morgan fingerprint density at radius 3 is 2.00 bits per heavy atom. The molecular formula is C24H18FNO8S. The highest BCUT2D eigenvalue weighted by Crippen LogP contribution is 2.52. The first-order valence-electron chi connectivity index (χ1n) is 10.1. The van der Waals surface area contributed by atoms with E-state index in [2.05, 4.69) is 0 Å². The highest BCUT2D eigenvalue weighted by molar-refractivity contribution is 7.89. The predicted octanol–water partition coefficient (Wildman–Crippen LogP) is 3.11. The van der Waals surface area contributed by atoms with Crippen LogP contribution in [0.25, 0.3) is 10.8 Å². The average molecular weight is 499 g/mol. The zero-order valence-corrected chi connectivity index (χ0v) is 18.9. The molecule has 11 heteroatoms. The molecule has 0 spiro atoms. The normalized spacial score (nSPS) is 17.5. The Bertz CT molecular complexity index is 1510. The van der Waals surface area contributed by atoms with Crippen molar-refractivity contribution in [2.24, 2.45) is 0 Å². The summed E-state index contributed by atoms with van der Waals surface area (Å²) in [4.78, 5) is 36.7. The van der Waals surface area contributed by atoms with Gasteiger partial charge in [-0.2, -0.15) is 4.39 Å². The van der Waals surface area contributed by atoms with Gasteiger partial charge in [0.2, 0.25) is 5.95 Å². The molecule has 0 bridgehead atoms. The molecule has 180 valence electrons. The molecule has 0 saturated carbocycles. The number of nitrogens with zero attached hydrogens (tertiary/aromatic N) is 1. The van der Waals surface area contributed by atoms with Crippen LogP contribution in [-0.4, -0.2) is 51.5 Å². The number of aryl methyl sites for hydroxylation is 1. The molecular weight excluding hydrogens is 481 g/mol. The zero-order chi connectivity index (χ0) is 25.7. The highest BCUT2D eigenvalue weighted by atomic mass is 32.2. The van der Waals surface area contributed by atoms with E-state index in [9.17, 15) is 38.1 Å². The zero-order valence-electron chi connectivity index (χ0n) is 18.0. The van der Waals surface area contributed by atoms with E-state index >= 15 is 4.39 Å². The average Bonchev–Trinajstić information content (AvgIpc) is 3.10. The van der Waals surface area contributed by atoms with Gasteiger partial charge < -0.3 is 15.3 Å². The van der Waals surface area contributed by atoms with Gasteiger partial charge in [0.1, 0.15) is 5.57 Å². The summed E-state index contributed by atoms with van der Waals surface area (Å²) in [6.07, 6.45) is 0. The van der Waals surface area contributed by atoms with Gasteiger partial charge in [-0.15, -0.1) is 0 Å². The number of carboxylic acids is 3. The van der Waals surface area contributed by atoms with Crippen LogP contribution in [0, 0.1) is 6.92 Å². The molecule has 0 aromatic heterocycles. The van der Waals surface area contributed by atoms with E-state index in [0.717, 1.165) is 12.1 Å². The fourth-order valence-corrected chi connectivity index (χ4v) is 5.98. The monoisotopic (exact) mass is 499 g/mol. The minimum atomic E-state index is -5.18. The Morgan fingerprint density at radius 1 is 0.886 bits per heavy atom. The van der Waals surface area contributed by atoms with E-state index < -0.39 is 60.1 Å². The molecule has 3 aromatic carbocycles. The van der Waals surface area contributed by atoms with Gasteiger partial charge in [0.25, 0.3) is 15.6 Å². The quantitative estimate of drug-likeness (QED) is 0.346. The fraction of sp³-hybridized carbons (Fsp3) is 0.125. The molecule has 9 nitrogen and oxygen atoms in total. The summed E-state index contributed by atoms with van der Waals surface area (Å²) in [6.45, 7) is 1.64. The van der Waals surface area contributed by atoms with Crippen LogP contribution in [0.15, 0.2) is 83.1 Å². The van der Waals surface area contributed by atoms with Gasteiger partial charge in [-0.1, -0.05) is 60.2 Å². The Labute approximate surface area is 198 Å². The molecule has 1 atom stereocenters. The molecule has 1 heterocycles.